The molecule has 0 aliphatic carbocycles. The first-order valence-corrected chi connectivity index (χ1v) is 12.6. The van der Waals surface area contributed by atoms with Crippen molar-refractivity contribution in [2.45, 2.75) is 26.9 Å². The van der Waals surface area contributed by atoms with Gasteiger partial charge in [-0.25, -0.2) is 4.98 Å². The monoisotopic (exact) mass is 576 g/mol. The highest BCUT2D eigenvalue weighted by Gasteiger charge is 2.14. The van der Waals surface area contributed by atoms with Crippen LogP contribution in [0.5, 0.6) is 11.5 Å². The van der Waals surface area contributed by atoms with Crippen molar-refractivity contribution in [1.82, 2.24) is 9.66 Å². The summed E-state index contributed by atoms with van der Waals surface area (Å²) in [6.45, 7) is 8.05. The van der Waals surface area contributed by atoms with Crippen LogP contribution in [0.15, 0.2) is 81.6 Å². The number of rotatable bonds is 10. The number of nitro groups is 1. The van der Waals surface area contributed by atoms with Gasteiger partial charge in [0.2, 0.25) is 0 Å². The Morgan fingerprint density at radius 3 is 2.61 bits per heavy atom. The fourth-order valence-corrected chi connectivity index (χ4v) is 4.24. The van der Waals surface area contributed by atoms with Crippen molar-refractivity contribution in [2.75, 3.05) is 6.61 Å². The highest BCUT2D eigenvalue weighted by atomic mass is 79.9. The van der Waals surface area contributed by atoms with E-state index in [1.54, 1.807) is 49.5 Å². The van der Waals surface area contributed by atoms with Crippen molar-refractivity contribution in [2.24, 2.45) is 5.10 Å². The minimum atomic E-state index is -0.442. The van der Waals surface area contributed by atoms with Crippen molar-refractivity contribution in [3.05, 3.63) is 115 Å². The molecule has 0 saturated carbocycles. The second-order valence-corrected chi connectivity index (χ2v) is 9.24. The number of ether oxygens (including phenoxy) is 2. The van der Waals surface area contributed by atoms with Crippen LogP contribution >= 0.6 is 15.9 Å². The lowest BCUT2D eigenvalue weighted by Gasteiger charge is -2.17. The summed E-state index contributed by atoms with van der Waals surface area (Å²) in [5.74, 6) is 1.52. The first-order chi connectivity index (χ1) is 18.3. The number of allylic oxidation sites excluding steroid dienone is 1. The van der Waals surface area contributed by atoms with E-state index in [0.29, 0.717) is 46.8 Å². The number of hydrogen-bond donors (Lipinski definition) is 0. The number of aromatic nitrogens is 2. The van der Waals surface area contributed by atoms with E-state index in [9.17, 15) is 14.9 Å². The molecule has 0 amide bonds. The fraction of sp³-hybridized carbons (Fsp3) is 0.179. The average molecular weight is 577 g/mol. The molecule has 0 bridgehead atoms. The Morgan fingerprint density at radius 1 is 1.16 bits per heavy atom. The fourth-order valence-electron chi connectivity index (χ4n) is 3.88. The molecule has 0 fully saturated rings. The first-order valence-electron chi connectivity index (χ1n) is 11.8. The smallest absolute Gasteiger partial charge is 0.282 e. The molecule has 0 spiro atoms. The quantitative estimate of drug-likeness (QED) is 0.0996. The molecule has 0 unspecified atom stereocenters. The number of nitrogens with zero attached hydrogens (tertiary/aromatic N) is 4. The SMILES string of the molecule is C=CCc1cc(C=Nn2c(C)nc3ccc(Br)cc3c2=O)cc(OCC)c1OCc1ccc([N+](=O)[O-])cc1. The van der Waals surface area contributed by atoms with Gasteiger partial charge in [0.25, 0.3) is 11.2 Å². The van der Waals surface area contributed by atoms with E-state index in [1.807, 2.05) is 19.1 Å². The van der Waals surface area contributed by atoms with E-state index in [0.717, 1.165) is 15.6 Å². The Labute approximate surface area is 227 Å². The maximum Gasteiger partial charge on any atom is 0.282 e. The minimum absolute atomic E-state index is 0.0170. The summed E-state index contributed by atoms with van der Waals surface area (Å²) < 4.78 is 14.0. The average Bonchev–Trinajstić information content (AvgIpc) is 2.89. The predicted molar refractivity (Wildman–Crippen MR) is 150 cm³/mol. The topological polar surface area (TPSA) is 109 Å². The molecule has 0 saturated heterocycles. The summed E-state index contributed by atoms with van der Waals surface area (Å²) in [5.41, 5.74) is 2.64. The van der Waals surface area contributed by atoms with Crippen molar-refractivity contribution in [3.8, 4) is 11.5 Å². The van der Waals surface area contributed by atoms with E-state index in [2.05, 4.69) is 32.6 Å². The lowest BCUT2D eigenvalue weighted by atomic mass is 10.1. The molecule has 0 radical (unpaired) electrons. The van der Waals surface area contributed by atoms with Gasteiger partial charge < -0.3 is 9.47 Å². The Bertz CT molecular complexity index is 1600. The minimum Gasteiger partial charge on any atom is -0.490 e. The van der Waals surface area contributed by atoms with E-state index < -0.39 is 4.92 Å². The molecule has 194 valence electrons. The Morgan fingerprint density at radius 2 is 1.92 bits per heavy atom. The van der Waals surface area contributed by atoms with Gasteiger partial charge in [-0.3, -0.25) is 14.9 Å². The van der Waals surface area contributed by atoms with Crippen molar-refractivity contribution < 1.29 is 14.4 Å². The number of halogens is 1. The third kappa shape index (κ3) is 5.97. The molecule has 10 heteroatoms. The molecule has 4 aromatic rings. The van der Waals surface area contributed by atoms with Crippen LogP contribution in [0.25, 0.3) is 10.9 Å². The number of aryl methyl sites for hydroxylation is 1. The van der Waals surface area contributed by atoms with Gasteiger partial charge in [-0.2, -0.15) is 9.78 Å². The van der Waals surface area contributed by atoms with Crippen molar-refractivity contribution >= 4 is 38.7 Å². The zero-order valence-corrected chi connectivity index (χ0v) is 22.5. The summed E-state index contributed by atoms with van der Waals surface area (Å²) >= 11 is 3.40. The highest BCUT2D eigenvalue weighted by Crippen LogP contribution is 2.34. The van der Waals surface area contributed by atoms with Crippen molar-refractivity contribution in [1.29, 1.82) is 0 Å². The van der Waals surface area contributed by atoms with Crippen LogP contribution in [0.1, 0.15) is 29.4 Å². The lowest BCUT2D eigenvalue weighted by molar-refractivity contribution is -0.384. The second kappa shape index (κ2) is 11.8. The molecule has 0 aliphatic heterocycles. The van der Waals surface area contributed by atoms with Gasteiger partial charge in [-0.05, 0) is 73.9 Å². The molecule has 1 aromatic heterocycles. The van der Waals surface area contributed by atoms with Gasteiger partial charge in [0.05, 0.1) is 28.6 Å². The third-order valence-corrected chi connectivity index (χ3v) is 6.13. The molecule has 4 rings (SSSR count). The highest BCUT2D eigenvalue weighted by molar-refractivity contribution is 9.10. The second-order valence-electron chi connectivity index (χ2n) is 8.33. The Kier molecular flexibility index (Phi) is 8.32. The van der Waals surface area contributed by atoms with Crippen LogP contribution in [0, 0.1) is 17.0 Å². The molecule has 0 N–H and O–H groups in total. The number of hydrogen-bond acceptors (Lipinski definition) is 7. The summed E-state index contributed by atoms with van der Waals surface area (Å²) in [5, 5.41) is 15.8. The van der Waals surface area contributed by atoms with E-state index in [1.165, 1.54) is 16.8 Å². The molecular formula is C28H25BrN4O5. The standard InChI is InChI=1S/C28H25BrN4O5/c1-4-6-21-13-20(16-30-32-18(3)31-25-12-9-22(29)15-24(25)28(32)34)14-26(37-5-2)27(21)38-17-19-7-10-23(11-8-19)33(35)36/h4,7-16H,1,5-6,17H2,2-3H3. The molecule has 3 aromatic carbocycles. The van der Waals surface area contributed by atoms with Crippen LogP contribution in [0.4, 0.5) is 5.69 Å². The normalized spacial score (nSPS) is 11.1. The summed E-state index contributed by atoms with van der Waals surface area (Å²) in [6, 6.07) is 15.2. The van der Waals surface area contributed by atoms with E-state index in [4.69, 9.17) is 9.47 Å². The van der Waals surface area contributed by atoms with Gasteiger partial charge >= 0.3 is 0 Å². The molecule has 0 atom stereocenters. The van der Waals surface area contributed by atoms with Crippen LogP contribution in [-0.4, -0.2) is 27.4 Å². The molecule has 38 heavy (non-hydrogen) atoms. The summed E-state index contributed by atoms with van der Waals surface area (Å²) in [6.07, 6.45) is 3.83. The maximum absolute atomic E-state index is 13.1. The number of nitro benzene ring substituents is 1. The van der Waals surface area contributed by atoms with Crippen LogP contribution in [0.3, 0.4) is 0 Å². The van der Waals surface area contributed by atoms with Gasteiger partial charge in [0.1, 0.15) is 12.4 Å². The Hall–Kier alpha value is -4.31. The van der Waals surface area contributed by atoms with Crippen LogP contribution in [0.2, 0.25) is 0 Å². The van der Waals surface area contributed by atoms with E-state index >= 15 is 0 Å². The molecule has 1 heterocycles. The van der Waals surface area contributed by atoms with Crippen LogP contribution < -0.4 is 15.0 Å². The van der Waals surface area contributed by atoms with Crippen molar-refractivity contribution in [3.63, 3.8) is 0 Å². The molecule has 9 nitrogen and oxygen atoms in total. The zero-order valence-electron chi connectivity index (χ0n) is 20.9. The van der Waals surface area contributed by atoms with E-state index in [-0.39, 0.29) is 17.9 Å². The first kappa shape index (κ1) is 26.7. The van der Waals surface area contributed by atoms with Crippen LogP contribution in [-0.2, 0) is 13.0 Å². The largest absolute Gasteiger partial charge is 0.490 e. The summed E-state index contributed by atoms with van der Waals surface area (Å²) in [4.78, 5) is 28.1. The Balaban J connectivity index is 1.68. The number of non-ortho nitro benzene ring substituents is 1. The predicted octanol–water partition coefficient (Wildman–Crippen LogP) is 5.96. The zero-order chi connectivity index (χ0) is 27.2. The van der Waals surface area contributed by atoms with Gasteiger partial charge in [0.15, 0.2) is 11.5 Å². The molecule has 0 aliphatic rings. The van der Waals surface area contributed by atoms with Gasteiger partial charge in [-0.1, -0.05) is 22.0 Å². The third-order valence-electron chi connectivity index (χ3n) is 5.64. The summed E-state index contributed by atoms with van der Waals surface area (Å²) in [7, 11) is 0. The lowest BCUT2D eigenvalue weighted by Crippen LogP contribution is -2.20. The van der Waals surface area contributed by atoms with Gasteiger partial charge in [0, 0.05) is 22.2 Å². The number of benzene rings is 3. The maximum atomic E-state index is 13.1. The van der Waals surface area contributed by atoms with Gasteiger partial charge in [-0.15, -0.1) is 6.58 Å². The molecular weight excluding hydrogens is 552 g/mol. The number of fused-ring (bicyclic) bond motifs is 1.